The zero-order chi connectivity index (χ0) is 24.8. The normalized spacial score (nSPS) is 11.4. The van der Waals surface area contributed by atoms with Crippen LogP contribution >= 0.6 is 11.8 Å². The molecule has 0 amide bonds. The van der Waals surface area contributed by atoms with E-state index in [-0.39, 0.29) is 35.2 Å². The van der Waals surface area contributed by atoms with Crippen LogP contribution in [0.1, 0.15) is 56.8 Å². The molecule has 182 valence electrons. The molecule has 2 aromatic heterocycles. The van der Waals surface area contributed by atoms with Gasteiger partial charge in [0.1, 0.15) is 11.4 Å². The Bertz CT molecular complexity index is 1360. The van der Waals surface area contributed by atoms with Crippen molar-refractivity contribution in [3.05, 3.63) is 61.0 Å². The van der Waals surface area contributed by atoms with Crippen molar-refractivity contribution in [1.82, 2.24) is 19.1 Å². The minimum Gasteiger partial charge on any atom is -0.384 e. The van der Waals surface area contributed by atoms with E-state index in [1.165, 1.54) is 4.57 Å². The number of rotatable bonds is 11. The van der Waals surface area contributed by atoms with Gasteiger partial charge in [-0.25, -0.2) is 9.78 Å². The van der Waals surface area contributed by atoms with Gasteiger partial charge < -0.3 is 5.73 Å². The third kappa shape index (κ3) is 5.67. The van der Waals surface area contributed by atoms with Gasteiger partial charge in [-0.2, -0.15) is 0 Å². The number of benzene rings is 1. The Hall–Kier alpha value is -3.14. The smallest absolute Gasteiger partial charge is 0.329 e. The van der Waals surface area contributed by atoms with Crippen LogP contribution < -0.4 is 22.5 Å². The maximum Gasteiger partial charge on any atom is 0.329 e. The largest absolute Gasteiger partial charge is 0.384 e. The van der Waals surface area contributed by atoms with Gasteiger partial charge in [0.2, 0.25) is 0 Å². The fourth-order valence-corrected chi connectivity index (χ4v) is 4.66. The van der Waals surface area contributed by atoms with Crippen LogP contribution in [-0.4, -0.2) is 30.6 Å². The van der Waals surface area contributed by atoms with Crippen LogP contribution in [0.15, 0.2) is 43.8 Å². The first-order chi connectivity index (χ1) is 16.2. The quantitative estimate of drug-likeness (QED) is 0.185. The molecule has 2 heterocycles. The first-order valence-electron chi connectivity index (χ1n) is 11.5. The van der Waals surface area contributed by atoms with Crippen molar-refractivity contribution < 1.29 is 4.79 Å². The molecular weight excluding hydrogens is 454 g/mol. The highest BCUT2D eigenvalue weighted by Gasteiger charge is 2.21. The van der Waals surface area contributed by atoms with Crippen LogP contribution in [-0.2, 0) is 13.1 Å². The van der Waals surface area contributed by atoms with Gasteiger partial charge >= 0.3 is 5.69 Å². The number of hydrogen-bond acceptors (Lipinski definition) is 7. The fourth-order valence-electron chi connectivity index (χ4n) is 3.76. The predicted molar refractivity (Wildman–Crippen MR) is 136 cm³/mol. The van der Waals surface area contributed by atoms with E-state index < -0.39 is 17.0 Å². The first-order valence-corrected chi connectivity index (χ1v) is 12.5. The average molecular weight is 486 g/mol. The van der Waals surface area contributed by atoms with E-state index >= 15 is 0 Å². The molecule has 0 spiro atoms. The number of nitrogens with one attached hydrogen (secondary N) is 1. The molecule has 0 saturated carbocycles. The summed E-state index contributed by atoms with van der Waals surface area (Å²) < 4.78 is 2.81. The van der Waals surface area contributed by atoms with E-state index in [9.17, 15) is 19.2 Å². The molecule has 3 N–H and O–H groups in total. The van der Waals surface area contributed by atoms with Crippen molar-refractivity contribution in [2.45, 2.75) is 64.7 Å². The molecule has 0 atom stereocenters. The summed E-state index contributed by atoms with van der Waals surface area (Å²) in [7, 11) is 0. The molecule has 0 unspecified atom stereocenters. The second-order valence-corrected chi connectivity index (χ2v) is 9.61. The Morgan fingerprint density at radius 1 is 1.12 bits per heavy atom. The van der Waals surface area contributed by atoms with Gasteiger partial charge in [-0.3, -0.25) is 28.5 Å². The molecule has 34 heavy (non-hydrogen) atoms. The van der Waals surface area contributed by atoms with Crippen molar-refractivity contribution in [2.24, 2.45) is 5.92 Å². The summed E-state index contributed by atoms with van der Waals surface area (Å²) in [6.07, 6.45) is 3.96. The van der Waals surface area contributed by atoms with Crippen LogP contribution in [0.5, 0.6) is 0 Å². The van der Waals surface area contributed by atoms with Gasteiger partial charge in [0.15, 0.2) is 10.9 Å². The zero-order valence-electron chi connectivity index (χ0n) is 19.8. The number of unbranched alkanes of at least 4 members (excludes halogenated alkanes) is 3. The molecule has 0 bridgehead atoms. The van der Waals surface area contributed by atoms with Gasteiger partial charge in [-0.05, 0) is 24.5 Å². The van der Waals surface area contributed by atoms with Crippen LogP contribution in [0.2, 0.25) is 0 Å². The molecular formula is C24H31N5O4S. The molecule has 0 aliphatic carbocycles. The minimum atomic E-state index is -0.809. The number of H-pyrrole nitrogens is 1. The Balaban J connectivity index is 1.93. The molecule has 0 radical (unpaired) electrons. The van der Waals surface area contributed by atoms with Crippen molar-refractivity contribution in [3.63, 3.8) is 0 Å². The number of nitrogens with two attached hydrogens (primary N) is 1. The summed E-state index contributed by atoms with van der Waals surface area (Å²) in [5, 5.41) is 0.939. The summed E-state index contributed by atoms with van der Waals surface area (Å²) in [5.74, 6) is -0.725. The van der Waals surface area contributed by atoms with E-state index in [1.807, 2.05) is 13.8 Å². The Kier molecular flexibility index (Phi) is 8.49. The van der Waals surface area contributed by atoms with Gasteiger partial charge in [0.25, 0.3) is 11.1 Å². The maximum absolute atomic E-state index is 13.1. The van der Waals surface area contributed by atoms with E-state index in [4.69, 9.17) is 5.73 Å². The molecule has 0 fully saturated rings. The van der Waals surface area contributed by atoms with Crippen molar-refractivity contribution in [3.8, 4) is 0 Å². The summed E-state index contributed by atoms with van der Waals surface area (Å²) in [6, 6.07) is 7.10. The molecule has 3 rings (SSSR count). The molecule has 3 aromatic rings. The standard InChI is InChI=1S/C24H31N5O4S/c1-4-5-6-9-12-28-22(32)16-10-7-8-11-17(16)26-24(28)34-14-18(30)19-20(25)29(13-15(2)3)23(33)27-21(19)31/h7-8,10-11,15H,4-6,9,12-14,25H2,1-3H3,(H,27,31,33). The highest BCUT2D eigenvalue weighted by atomic mass is 32.2. The topological polar surface area (TPSA) is 133 Å². The highest BCUT2D eigenvalue weighted by Crippen LogP contribution is 2.20. The lowest BCUT2D eigenvalue weighted by Crippen LogP contribution is -2.37. The van der Waals surface area contributed by atoms with Gasteiger partial charge in [0, 0.05) is 13.1 Å². The van der Waals surface area contributed by atoms with Crippen molar-refractivity contribution >= 4 is 34.3 Å². The van der Waals surface area contributed by atoms with Crippen molar-refractivity contribution in [1.29, 1.82) is 0 Å². The molecule has 9 nitrogen and oxygen atoms in total. The van der Waals surface area contributed by atoms with Crippen LogP contribution in [0.25, 0.3) is 10.9 Å². The number of hydrogen-bond donors (Lipinski definition) is 2. The number of ketones is 1. The Morgan fingerprint density at radius 2 is 1.85 bits per heavy atom. The van der Waals surface area contributed by atoms with Gasteiger partial charge in [-0.15, -0.1) is 0 Å². The Morgan fingerprint density at radius 3 is 2.56 bits per heavy atom. The second kappa shape index (κ2) is 11.3. The number of carbonyl (C=O) groups is 1. The van der Waals surface area contributed by atoms with Gasteiger partial charge in [-0.1, -0.05) is 63.9 Å². The van der Waals surface area contributed by atoms with E-state index in [1.54, 1.807) is 28.8 Å². The van der Waals surface area contributed by atoms with E-state index in [0.717, 1.165) is 37.4 Å². The Labute approximate surface area is 201 Å². The summed E-state index contributed by atoms with van der Waals surface area (Å²) in [4.78, 5) is 57.5. The van der Waals surface area contributed by atoms with Crippen LogP contribution in [0.3, 0.4) is 0 Å². The zero-order valence-corrected chi connectivity index (χ0v) is 20.6. The van der Waals surface area contributed by atoms with Crippen LogP contribution in [0.4, 0.5) is 5.82 Å². The number of para-hydroxylation sites is 1. The maximum atomic E-state index is 13.1. The van der Waals surface area contributed by atoms with E-state index in [0.29, 0.717) is 22.6 Å². The SMILES string of the molecule is CCCCCCn1c(SCC(=O)c2c(N)n(CC(C)C)c(=O)[nH]c2=O)nc2ccccc2c1=O. The highest BCUT2D eigenvalue weighted by molar-refractivity contribution is 7.99. The number of aromatic nitrogens is 4. The number of Topliss-reactive ketones (excluding diaryl/α,β-unsaturated/α-hetero) is 1. The summed E-state index contributed by atoms with van der Waals surface area (Å²) in [6.45, 7) is 6.70. The number of thioether (sulfide) groups is 1. The molecule has 0 aliphatic heterocycles. The molecule has 10 heteroatoms. The molecule has 0 saturated heterocycles. The van der Waals surface area contributed by atoms with Crippen LogP contribution in [0, 0.1) is 5.92 Å². The summed E-state index contributed by atoms with van der Waals surface area (Å²) >= 11 is 1.09. The number of fused-ring (bicyclic) bond motifs is 1. The predicted octanol–water partition coefficient (Wildman–Crippen LogP) is 3.04. The third-order valence-electron chi connectivity index (χ3n) is 5.46. The molecule has 1 aromatic carbocycles. The minimum absolute atomic E-state index is 0.0900. The second-order valence-electron chi connectivity index (χ2n) is 8.66. The van der Waals surface area contributed by atoms with Gasteiger partial charge in [0.05, 0.1) is 16.7 Å². The van der Waals surface area contributed by atoms with Crippen molar-refractivity contribution in [2.75, 3.05) is 11.5 Å². The fraction of sp³-hybridized carbons (Fsp3) is 0.458. The average Bonchev–Trinajstić information content (AvgIpc) is 2.79. The number of anilines is 1. The monoisotopic (exact) mass is 485 g/mol. The third-order valence-corrected chi connectivity index (χ3v) is 6.44. The molecule has 0 aliphatic rings. The number of nitrogens with zero attached hydrogens (tertiary/aromatic N) is 3. The van der Waals surface area contributed by atoms with E-state index in [2.05, 4.69) is 16.9 Å². The lowest BCUT2D eigenvalue weighted by atomic mass is 10.2. The lowest BCUT2D eigenvalue weighted by Gasteiger charge is -2.15. The number of aromatic amines is 1. The first kappa shape index (κ1) is 25.5. The number of carbonyl (C=O) groups excluding carboxylic acids is 1. The summed E-state index contributed by atoms with van der Waals surface area (Å²) in [5.41, 5.74) is 4.77. The lowest BCUT2D eigenvalue weighted by molar-refractivity contribution is 0.102. The number of nitrogen functional groups attached to an aromatic ring is 1.